The summed E-state index contributed by atoms with van der Waals surface area (Å²) < 4.78 is 0. The molecule has 64 valence electrons. The molecule has 3 heterocycles. The van der Waals surface area contributed by atoms with Crippen molar-refractivity contribution in [3.05, 3.63) is 12.3 Å². The lowest BCUT2D eigenvalue weighted by molar-refractivity contribution is 0.140. The number of fused-ring (bicyclic) bond motifs is 3. The maximum Gasteiger partial charge on any atom is 0.0470 e. The summed E-state index contributed by atoms with van der Waals surface area (Å²) in [6.07, 6.45) is 2.56. The maximum atomic E-state index is 5.92. The Morgan fingerprint density at radius 2 is 1.91 bits per heavy atom. The van der Waals surface area contributed by atoms with E-state index in [0.717, 1.165) is 5.92 Å². The molecule has 3 aliphatic rings. The first-order valence-corrected chi connectivity index (χ1v) is 3.98. The molecule has 1 unspecified atom stereocenters. The van der Waals surface area contributed by atoms with Gasteiger partial charge in [-0.15, -0.1) is 12.4 Å². The number of hydrogen-bond acceptors (Lipinski definition) is 2. The lowest BCUT2D eigenvalue weighted by Crippen LogP contribution is -2.51. The van der Waals surface area contributed by atoms with Gasteiger partial charge in [-0.1, -0.05) is 6.58 Å². The second kappa shape index (κ2) is 3.03. The summed E-state index contributed by atoms with van der Waals surface area (Å²) in [6, 6.07) is 0.266. The predicted octanol–water partition coefficient (Wildman–Crippen LogP) is 0.975. The molecule has 2 N–H and O–H groups in total. The van der Waals surface area contributed by atoms with Gasteiger partial charge in [0, 0.05) is 24.8 Å². The number of hydrogen-bond donors (Lipinski definition) is 1. The Morgan fingerprint density at radius 1 is 1.36 bits per heavy atom. The highest BCUT2D eigenvalue weighted by molar-refractivity contribution is 5.85. The molecule has 2 bridgehead atoms. The molecule has 0 amide bonds. The van der Waals surface area contributed by atoms with E-state index in [1.165, 1.54) is 31.6 Å². The number of rotatable bonds is 0. The summed E-state index contributed by atoms with van der Waals surface area (Å²) in [6.45, 7) is 6.36. The zero-order valence-corrected chi connectivity index (χ0v) is 7.44. The van der Waals surface area contributed by atoms with Crippen LogP contribution in [0.1, 0.15) is 12.8 Å². The summed E-state index contributed by atoms with van der Waals surface area (Å²) >= 11 is 0. The van der Waals surface area contributed by atoms with Crippen LogP contribution in [0.25, 0.3) is 0 Å². The second-order valence-corrected chi connectivity index (χ2v) is 3.34. The Hall–Kier alpha value is -0.210. The molecular weight excluding hydrogens is 160 g/mol. The number of nitrogens with two attached hydrogens (primary N) is 1. The highest BCUT2D eigenvalue weighted by atomic mass is 35.5. The van der Waals surface area contributed by atoms with Crippen molar-refractivity contribution in [2.24, 2.45) is 11.7 Å². The average Bonchev–Trinajstić information content (AvgIpc) is 2.00. The highest BCUT2D eigenvalue weighted by Crippen LogP contribution is 2.32. The van der Waals surface area contributed by atoms with Crippen LogP contribution in [0.15, 0.2) is 12.3 Å². The molecule has 3 fully saturated rings. The molecule has 1 atom stereocenters. The summed E-state index contributed by atoms with van der Waals surface area (Å²) in [4.78, 5) is 2.32. The molecule has 3 rings (SSSR count). The normalized spacial score (nSPS) is 35.4. The zero-order chi connectivity index (χ0) is 7.14. The third kappa shape index (κ3) is 1.25. The standard InChI is InChI=1S/C8H14N2.ClH/c1-6-8(9)7-2-4-10(6)5-3-7;/h7-8H,1-5,9H2;1H. The van der Waals surface area contributed by atoms with E-state index in [0.29, 0.717) is 0 Å². The molecule has 0 aromatic rings. The third-order valence-corrected chi connectivity index (χ3v) is 2.84. The first-order valence-electron chi connectivity index (χ1n) is 3.98. The molecule has 3 aliphatic heterocycles. The van der Waals surface area contributed by atoms with Crippen molar-refractivity contribution in [3.8, 4) is 0 Å². The van der Waals surface area contributed by atoms with Gasteiger partial charge in [-0.2, -0.15) is 0 Å². The van der Waals surface area contributed by atoms with Crippen molar-refractivity contribution in [2.45, 2.75) is 18.9 Å². The van der Waals surface area contributed by atoms with E-state index < -0.39 is 0 Å². The van der Waals surface area contributed by atoms with Crippen molar-refractivity contribution in [2.75, 3.05) is 13.1 Å². The largest absolute Gasteiger partial charge is 0.374 e. The minimum absolute atomic E-state index is 0. The van der Waals surface area contributed by atoms with E-state index in [1.807, 2.05) is 0 Å². The third-order valence-electron chi connectivity index (χ3n) is 2.84. The SMILES string of the molecule is C=C1C(N)C2CCN1CC2.Cl. The number of nitrogens with zero attached hydrogens (tertiary/aromatic N) is 1. The van der Waals surface area contributed by atoms with Crippen LogP contribution in [0.3, 0.4) is 0 Å². The van der Waals surface area contributed by atoms with Crippen LogP contribution in [0.2, 0.25) is 0 Å². The number of halogens is 1. The quantitative estimate of drug-likeness (QED) is 0.593. The fraction of sp³-hybridized carbons (Fsp3) is 0.750. The topological polar surface area (TPSA) is 29.3 Å². The van der Waals surface area contributed by atoms with Crippen LogP contribution in [-0.2, 0) is 0 Å². The molecule has 0 saturated carbocycles. The highest BCUT2D eigenvalue weighted by Gasteiger charge is 2.33. The van der Waals surface area contributed by atoms with E-state index >= 15 is 0 Å². The van der Waals surface area contributed by atoms with Crippen molar-refractivity contribution >= 4 is 12.4 Å². The van der Waals surface area contributed by atoms with Gasteiger partial charge < -0.3 is 10.6 Å². The van der Waals surface area contributed by atoms with Crippen LogP contribution >= 0.6 is 12.4 Å². The fourth-order valence-electron chi connectivity index (χ4n) is 2.03. The van der Waals surface area contributed by atoms with Gasteiger partial charge in [0.1, 0.15) is 0 Å². The van der Waals surface area contributed by atoms with Crippen molar-refractivity contribution in [1.29, 1.82) is 0 Å². The van der Waals surface area contributed by atoms with E-state index in [1.54, 1.807) is 0 Å². The lowest BCUT2D eigenvalue weighted by atomic mass is 9.83. The molecule has 11 heavy (non-hydrogen) atoms. The van der Waals surface area contributed by atoms with Crippen LogP contribution in [0.5, 0.6) is 0 Å². The van der Waals surface area contributed by atoms with Crippen molar-refractivity contribution < 1.29 is 0 Å². The van der Waals surface area contributed by atoms with Crippen LogP contribution < -0.4 is 5.73 Å². The Balaban J connectivity index is 0.000000605. The second-order valence-electron chi connectivity index (χ2n) is 3.34. The van der Waals surface area contributed by atoms with Gasteiger partial charge in [0.15, 0.2) is 0 Å². The molecule has 0 radical (unpaired) electrons. The Labute approximate surface area is 73.8 Å². The Bertz CT molecular complexity index is 157. The minimum atomic E-state index is 0. The molecule has 3 heteroatoms. The predicted molar refractivity (Wildman–Crippen MR) is 48.7 cm³/mol. The summed E-state index contributed by atoms with van der Waals surface area (Å²) in [5.41, 5.74) is 7.09. The van der Waals surface area contributed by atoms with Gasteiger partial charge in [0.25, 0.3) is 0 Å². The van der Waals surface area contributed by atoms with Gasteiger partial charge in [-0.25, -0.2) is 0 Å². The van der Waals surface area contributed by atoms with Gasteiger partial charge in [0.2, 0.25) is 0 Å². The Kier molecular flexibility index (Phi) is 2.45. The fourth-order valence-corrected chi connectivity index (χ4v) is 2.03. The average molecular weight is 175 g/mol. The van der Waals surface area contributed by atoms with Gasteiger partial charge in [-0.05, 0) is 18.8 Å². The van der Waals surface area contributed by atoms with Crippen LogP contribution in [-0.4, -0.2) is 24.0 Å². The summed E-state index contributed by atoms with van der Waals surface area (Å²) in [5, 5.41) is 0. The van der Waals surface area contributed by atoms with Crippen molar-refractivity contribution in [1.82, 2.24) is 4.90 Å². The first kappa shape index (κ1) is 8.88. The van der Waals surface area contributed by atoms with E-state index in [-0.39, 0.29) is 18.4 Å². The van der Waals surface area contributed by atoms with E-state index in [9.17, 15) is 0 Å². The van der Waals surface area contributed by atoms with Crippen LogP contribution in [0.4, 0.5) is 0 Å². The minimum Gasteiger partial charge on any atom is -0.374 e. The maximum absolute atomic E-state index is 5.92. The van der Waals surface area contributed by atoms with E-state index in [2.05, 4.69) is 11.5 Å². The molecule has 0 aliphatic carbocycles. The molecule has 0 spiro atoms. The molecule has 0 aromatic carbocycles. The monoisotopic (exact) mass is 174 g/mol. The number of piperidine rings is 3. The summed E-state index contributed by atoms with van der Waals surface area (Å²) in [7, 11) is 0. The molecule has 3 saturated heterocycles. The molecular formula is C8H15ClN2. The van der Waals surface area contributed by atoms with Gasteiger partial charge >= 0.3 is 0 Å². The van der Waals surface area contributed by atoms with Crippen LogP contribution in [0, 0.1) is 5.92 Å². The molecule has 0 aromatic heterocycles. The van der Waals surface area contributed by atoms with Gasteiger partial charge in [-0.3, -0.25) is 0 Å². The smallest absolute Gasteiger partial charge is 0.0470 e. The van der Waals surface area contributed by atoms with Crippen molar-refractivity contribution in [3.63, 3.8) is 0 Å². The Morgan fingerprint density at radius 3 is 2.18 bits per heavy atom. The van der Waals surface area contributed by atoms with Gasteiger partial charge in [0.05, 0.1) is 0 Å². The van der Waals surface area contributed by atoms with E-state index in [4.69, 9.17) is 5.73 Å². The lowest BCUT2D eigenvalue weighted by Gasteiger charge is -2.46. The first-order chi connectivity index (χ1) is 4.79. The summed E-state index contributed by atoms with van der Waals surface area (Å²) in [5.74, 6) is 0.734. The molecule has 2 nitrogen and oxygen atoms in total. The zero-order valence-electron chi connectivity index (χ0n) is 6.62.